The summed E-state index contributed by atoms with van der Waals surface area (Å²) in [5, 5.41) is 2.90. The van der Waals surface area contributed by atoms with E-state index in [1.807, 2.05) is 31.2 Å². The van der Waals surface area contributed by atoms with Gasteiger partial charge in [-0.05, 0) is 37.5 Å². The van der Waals surface area contributed by atoms with Crippen LogP contribution in [0.5, 0.6) is 0 Å². The van der Waals surface area contributed by atoms with Gasteiger partial charge < -0.3 is 11.1 Å². The Balaban J connectivity index is 2.46. The molecule has 0 bridgehead atoms. The molecule has 0 aliphatic heterocycles. The summed E-state index contributed by atoms with van der Waals surface area (Å²) >= 11 is 3.39. The number of halogens is 1. The first-order valence-corrected chi connectivity index (χ1v) is 6.73. The van der Waals surface area contributed by atoms with E-state index in [9.17, 15) is 4.79 Å². The van der Waals surface area contributed by atoms with Gasteiger partial charge in [0.2, 0.25) is 5.91 Å². The monoisotopic (exact) mass is 310 g/mol. The van der Waals surface area contributed by atoms with Crippen LogP contribution < -0.4 is 11.1 Å². The first-order chi connectivity index (χ1) is 8.52. The van der Waals surface area contributed by atoms with Gasteiger partial charge >= 0.3 is 0 Å². The lowest BCUT2D eigenvalue weighted by molar-refractivity contribution is -0.122. The second-order valence-corrected chi connectivity index (χ2v) is 5.29. The minimum absolute atomic E-state index is 0.0644. The van der Waals surface area contributed by atoms with Gasteiger partial charge in [0, 0.05) is 10.5 Å². The smallest absolute Gasteiger partial charge is 0.237 e. The van der Waals surface area contributed by atoms with Gasteiger partial charge in [-0.2, -0.15) is 0 Å². The summed E-state index contributed by atoms with van der Waals surface area (Å²) in [6.45, 7) is 5.55. The van der Waals surface area contributed by atoms with E-state index >= 15 is 0 Å². The van der Waals surface area contributed by atoms with E-state index in [4.69, 9.17) is 5.73 Å². The van der Waals surface area contributed by atoms with Crippen LogP contribution >= 0.6 is 15.9 Å². The Labute approximate surface area is 117 Å². The molecule has 4 heteroatoms. The van der Waals surface area contributed by atoms with Gasteiger partial charge in [0.15, 0.2) is 0 Å². The predicted molar refractivity (Wildman–Crippen MR) is 78.2 cm³/mol. The van der Waals surface area contributed by atoms with Crippen molar-refractivity contribution in [1.29, 1.82) is 0 Å². The maximum Gasteiger partial charge on any atom is 0.237 e. The Hall–Kier alpha value is -1.13. The Bertz CT molecular complexity index is 403. The average Bonchev–Trinajstić information content (AvgIpc) is 2.32. The van der Waals surface area contributed by atoms with E-state index in [0.29, 0.717) is 6.42 Å². The maximum absolute atomic E-state index is 11.7. The number of amides is 1. The number of rotatable bonds is 6. The van der Waals surface area contributed by atoms with Crippen LogP contribution in [0, 0.1) is 0 Å². The van der Waals surface area contributed by atoms with E-state index in [0.717, 1.165) is 10.9 Å². The van der Waals surface area contributed by atoms with Gasteiger partial charge in [-0.3, -0.25) is 4.79 Å². The van der Waals surface area contributed by atoms with Crippen molar-refractivity contribution in [2.75, 3.05) is 0 Å². The number of nitrogens with one attached hydrogen (secondary N) is 1. The molecule has 0 fully saturated rings. The summed E-state index contributed by atoms with van der Waals surface area (Å²) in [5.41, 5.74) is 6.88. The molecule has 1 aromatic rings. The fourth-order valence-corrected chi connectivity index (χ4v) is 1.93. The van der Waals surface area contributed by atoms with E-state index in [1.165, 1.54) is 5.56 Å². The molecule has 1 amide bonds. The van der Waals surface area contributed by atoms with Crippen LogP contribution in [0.2, 0.25) is 0 Å². The molecule has 2 unspecified atom stereocenters. The molecular weight excluding hydrogens is 292 g/mol. The van der Waals surface area contributed by atoms with Crippen molar-refractivity contribution in [3.63, 3.8) is 0 Å². The molecule has 0 aromatic heterocycles. The van der Waals surface area contributed by atoms with Crippen LogP contribution in [0.15, 0.2) is 41.4 Å². The van der Waals surface area contributed by atoms with Gasteiger partial charge in [0.25, 0.3) is 0 Å². The summed E-state index contributed by atoms with van der Waals surface area (Å²) < 4.78 is 1.05. The van der Waals surface area contributed by atoms with Crippen molar-refractivity contribution in [2.45, 2.75) is 31.8 Å². The van der Waals surface area contributed by atoms with E-state index in [2.05, 4.69) is 27.8 Å². The van der Waals surface area contributed by atoms with Gasteiger partial charge in [0.1, 0.15) is 0 Å². The van der Waals surface area contributed by atoms with Crippen LogP contribution in [-0.2, 0) is 11.2 Å². The molecule has 18 heavy (non-hydrogen) atoms. The molecule has 0 radical (unpaired) electrons. The molecule has 3 nitrogen and oxygen atoms in total. The van der Waals surface area contributed by atoms with Crippen molar-refractivity contribution in [1.82, 2.24) is 5.32 Å². The van der Waals surface area contributed by atoms with Crippen LogP contribution in [0.4, 0.5) is 0 Å². The van der Waals surface area contributed by atoms with Crippen molar-refractivity contribution in [3.05, 3.63) is 47.0 Å². The Morgan fingerprint density at radius 1 is 1.50 bits per heavy atom. The fourth-order valence-electron chi connectivity index (χ4n) is 1.66. The summed E-state index contributed by atoms with van der Waals surface area (Å²) in [7, 11) is 0. The van der Waals surface area contributed by atoms with Crippen molar-refractivity contribution < 1.29 is 4.79 Å². The molecule has 1 rings (SSSR count). The minimum Gasteiger partial charge on any atom is -0.352 e. The highest BCUT2D eigenvalue weighted by atomic mass is 79.9. The molecule has 1 aromatic carbocycles. The zero-order valence-corrected chi connectivity index (χ0v) is 12.1. The lowest BCUT2D eigenvalue weighted by Crippen LogP contribution is -2.44. The molecule has 0 aliphatic rings. The normalized spacial score (nSPS) is 13.7. The van der Waals surface area contributed by atoms with E-state index < -0.39 is 6.04 Å². The third-order valence-electron chi connectivity index (χ3n) is 2.60. The minimum atomic E-state index is -0.505. The lowest BCUT2D eigenvalue weighted by atomic mass is 10.1. The van der Waals surface area contributed by atoms with Gasteiger partial charge in [-0.15, -0.1) is 6.58 Å². The molecule has 2 atom stereocenters. The topological polar surface area (TPSA) is 55.1 Å². The third-order valence-corrected chi connectivity index (χ3v) is 3.13. The summed E-state index contributed by atoms with van der Waals surface area (Å²) in [6.07, 6.45) is 2.94. The average molecular weight is 311 g/mol. The largest absolute Gasteiger partial charge is 0.352 e. The SMILES string of the molecule is C=CCC(N)C(=O)NC(C)Cc1ccc(Br)cc1. The molecule has 0 heterocycles. The zero-order valence-electron chi connectivity index (χ0n) is 10.5. The Morgan fingerprint density at radius 3 is 2.67 bits per heavy atom. The van der Waals surface area contributed by atoms with Crippen LogP contribution in [0.3, 0.4) is 0 Å². The molecule has 0 spiro atoms. The van der Waals surface area contributed by atoms with Crippen molar-refractivity contribution in [2.24, 2.45) is 5.73 Å². The number of carbonyl (C=O) groups is 1. The molecule has 0 saturated carbocycles. The molecule has 3 N–H and O–H groups in total. The van der Waals surface area contributed by atoms with Crippen molar-refractivity contribution in [3.8, 4) is 0 Å². The fraction of sp³-hybridized carbons (Fsp3) is 0.357. The Kier molecular flexibility index (Phi) is 6.09. The highest BCUT2D eigenvalue weighted by Crippen LogP contribution is 2.11. The van der Waals surface area contributed by atoms with E-state index in [-0.39, 0.29) is 11.9 Å². The predicted octanol–water partition coefficient (Wildman–Crippen LogP) is 2.40. The Morgan fingerprint density at radius 2 is 2.11 bits per heavy atom. The zero-order chi connectivity index (χ0) is 13.5. The molecule has 98 valence electrons. The molecular formula is C14H19BrN2O. The maximum atomic E-state index is 11.7. The lowest BCUT2D eigenvalue weighted by Gasteiger charge is -2.17. The quantitative estimate of drug-likeness (QED) is 0.793. The van der Waals surface area contributed by atoms with E-state index in [1.54, 1.807) is 6.08 Å². The first kappa shape index (κ1) is 14.9. The van der Waals surface area contributed by atoms with Gasteiger partial charge in [0.05, 0.1) is 6.04 Å². The highest BCUT2D eigenvalue weighted by Gasteiger charge is 2.14. The number of hydrogen-bond donors (Lipinski definition) is 2. The van der Waals surface area contributed by atoms with Gasteiger partial charge in [-0.25, -0.2) is 0 Å². The number of nitrogens with two attached hydrogens (primary N) is 1. The standard InChI is InChI=1S/C14H19BrN2O/c1-3-4-13(16)14(18)17-10(2)9-11-5-7-12(15)8-6-11/h3,5-8,10,13H,1,4,9,16H2,2H3,(H,17,18). The van der Waals surface area contributed by atoms with Crippen LogP contribution in [-0.4, -0.2) is 18.0 Å². The summed E-state index contributed by atoms with van der Waals surface area (Å²) in [5.74, 6) is -0.125. The molecule has 0 aliphatic carbocycles. The third kappa shape index (κ3) is 5.02. The second kappa shape index (κ2) is 7.34. The second-order valence-electron chi connectivity index (χ2n) is 4.37. The number of benzene rings is 1. The van der Waals surface area contributed by atoms with Crippen molar-refractivity contribution >= 4 is 21.8 Å². The number of carbonyl (C=O) groups excluding carboxylic acids is 1. The summed E-state index contributed by atoms with van der Waals surface area (Å²) in [4.78, 5) is 11.7. The first-order valence-electron chi connectivity index (χ1n) is 5.94. The van der Waals surface area contributed by atoms with Gasteiger partial charge in [-0.1, -0.05) is 34.1 Å². The molecule has 0 saturated heterocycles. The van der Waals surface area contributed by atoms with Crippen LogP contribution in [0.25, 0.3) is 0 Å². The highest BCUT2D eigenvalue weighted by molar-refractivity contribution is 9.10. The number of hydrogen-bond acceptors (Lipinski definition) is 2. The van der Waals surface area contributed by atoms with Crippen LogP contribution in [0.1, 0.15) is 18.9 Å². The summed E-state index contributed by atoms with van der Waals surface area (Å²) in [6, 6.07) is 7.62.